The van der Waals surface area contributed by atoms with E-state index in [2.05, 4.69) is 0 Å². The van der Waals surface area contributed by atoms with Crippen molar-refractivity contribution in [2.75, 3.05) is 13.6 Å². The van der Waals surface area contributed by atoms with E-state index in [-0.39, 0.29) is 5.91 Å². The Morgan fingerprint density at radius 1 is 1.47 bits per heavy atom. The molecule has 1 heterocycles. The number of carbonyl (C=O) groups excluding carboxylic acids is 1. The molecule has 0 N–H and O–H groups in total. The van der Waals surface area contributed by atoms with E-state index >= 15 is 0 Å². The average molecular weight is 278 g/mol. The molecule has 4 heteroatoms. The van der Waals surface area contributed by atoms with Gasteiger partial charge in [0.2, 0.25) is 0 Å². The molecule has 3 rings (SSSR count). The third-order valence-electron chi connectivity index (χ3n) is 3.67. The highest BCUT2D eigenvalue weighted by Crippen LogP contribution is 2.31. The minimum atomic E-state index is -0.0447. The molecule has 1 aromatic carbocycles. The van der Waals surface area contributed by atoms with Crippen molar-refractivity contribution in [2.45, 2.75) is 19.8 Å². The molecule has 2 aromatic rings. The number of furan rings is 1. The molecule has 1 amide bonds. The van der Waals surface area contributed by atoms with Crippen molar-refractivity contribution >= 4 is 28.5 Å². The maximum atomic E-state index is 12.4. The number of fused-ring (bicyclic) bond motifs is 1. The second kappa shape index (κ2) is 4.57. The lowest BCUT2D eigenvalue weighted by Crippen LogP contribution is -2.28. The van der Waals surface area contributed by atoms with Gasteiger partial charge in [-0.2, -0.15) is 0 Å². The van der Waals surface area contributed by atoms with Crippen LogP contribution in [-0.4, -0.2) is 24.4 Å². The Labute approximate surface area is 117 Å². The summed E-state index contributed by atoms with van der Waals surface area (Å²) in [6.45, 7) is 2.72. The zero-order valence-electron chi connectivity index (χ0n) is 11.1. The van der Waals surface area contributed by atoms with Crippen LogP contribution in [-0.2, 0) is 0 Å². The lowest BCUT2D eigenvalue weighted by atomic mass is 10.1. The van der Waals surface area contributed by atoms with E-state index in [4.69, 9.17) is 16.0 Å². The summed E-state index contributed by atoms with van der Waals surface area (Å²) in [7, 11) is 1.83. The number of benzene rings is 1. The second-order valence-corrected chi connectivity index (χ2v) is 5.76. The number of hydrogen-bond donors (Lipinski definition) is 0. The summed E-state index contributed by atoms with van der Waals surface area (Å²) in [6.07, 6.45) is 2.46. The first-order valence-electron chi connectivity index (χ1n) is 6.50. The largest absolute Gasteiger partial charge is 0.451 e. The van der Waals surface area contributed by atoms with E-state index in [9.17, 15) is 4.79 Å². The molecular weight excluding hydrogens is 262 g/mol. The van der Waals surface area contributed by atoms with Crippen molar-refractivity contribution in [3.63, 3.8) is 0 Å². The highest BCUT2D eigenvalue weighted by Gasteiger charge is 2.27. The maximum absolute atomic E-state index is 12.4. The van der Waals surface area contributed by atoms with E-state index in [1.165, 1.54) is 12.8 Å². The SMILES string of the molecule is Cc1c(C(=O)N(C)CC2CC2)oc2ccc(Cl)cc12. The molecule has 0 atom stereocenters. The van der Waals surface area contributed by atoms with E-state index in [0.29, 0.717) is 22.3 Å². The fourth-order valence-electron chi connectivity index (χ4n) is 2.34. The fraction of sp³-hybridized carbons (Fsp3) is 0.400. The van der Waals surface area contributed by atoms with Crippen LogP contribution in [0.2, 0.25) is 5.02 Å². The van der Waals surface area contributed by atoms with Gasteiger partial charge in [-0.3, -0.25) is 4.79 Å². The molecule has 0 unspecified atom stereocenters. The Morgan fingerprint density at radius 3 is 2.89 bits per heavy atom. The van der Waals surface area contributed by atoms with Crippen LogP contribution in [0.5, 0.6) is 0 Å². The molecule has 3 nitrogen and oxygen atoms in total. The van der Waals surface area contributed by atoms with E-state index in [1.807, 2.05) is 26.1 Å². The highest BCUT2D eigenvalue weighted by molar-refractivity contribution is 6.31. The molecule has 1 aliphatic carbocycles. The molecule has 0 spiro atoms. The van der Waals surface area contributed by atoms with Crippen molar-refractivity contribution in [3.05, 3.63) is 34.5 Å². The zero-order chi connectivity index (χ0) is 13.6. The Balaban J connectivity index is 1.95. The van der Waals surface area contributed by atoms with Crippen LogP contribution in [0.25, 0.3) is 11.0 Å². The molecule has 0 saturated heterocycles. The first kappa shape index (κ1) is 12.5. The molecule has 1 aromatic heterocycles. The summed E-state index contributed by atoms with van der Waals surface area (Å²) in [5.74, 6) is 1.06. The summed E-state index contributed by atoms with van der Waals surface area (Å²) in [5.41, 5.74) is 1.58. The molecular formula is C15H16ClNO2. The third-order valence-corrected chi connectivity index (χ3v) is 3.90. The smallest absolute Gasteiger partial charge is 0.289 e. The molecule has 0 radical (unpaired) electrons. The summed E-state index contributed by atoms with van der Waals surface area (Å²) in [6, 6.07) is 5.42. The van der Waals surface area contributed by atoms with Crippen molar-refractivity contribution in [3.8, 4) is 0 Å². The molecule has 0 aliphatic heterocycles. The molecule has 1 aliphatic rings. The van der Waals surface area contributed by atoms with Gasteiger partial charge in [0.1, 0.15) is 5.58 Å². The molecule has 19 heavy (non-hydrogen) atoms. The van der Waals surface area contributed by atoms with Gasteiger partial charge < -0.3 is 9.32 Å². The summed E-state index contributed by atoms with van der Waals surface area (Å²) < 4.78 is 5.69. The van der Waals surface area contributed by atoms with E-state index < -0.39 is 0 Å². The van der Waals surface area contributed by atoms with Crippen LogP contribution in [0.3, 0.4) is 0 Å². The Kier molecular flexibility index (Phi) is 3.02. The normalized spacial score (nSPS) is 14.9. The Hall–Kier alpha value is -1.48. The van der Waals surface area contributed by atoms with Gasteiger partial charge in [0.05, 0.1) is 0 Å². The third kappa shape index (κ3) is 2.35. The average Bonchev–Trinajstić information content (AvgIpc) is 3.14. The Bertz CT molecular complexity index is 643. The first-order valence-corrected chi connectivity index (χ1v) is 6.88. The summed E-state index contributed by atoms with van der Waals surface area (Å²) >= 11 is 5.98. The number of nitrogens with zero attached hydrogens (tertiary/aromatic N) is 1. The van der Waals surface area contributed by atoms with Gasteiger partial charge in [0.15, 0.2) is 5.76 Å². The van der Waals surface area contributed by atoms with Crippen LogP contribution in [0.15, 0.2) is 22.6 Å². The zero-order valence-corrected chi connectivity index (χ0v) is 11.8. The number of rotatable bonds is 3. The van der Waals surface area contributed by atoms with Crippen LogP contribution in [0, 0.1) is 12.8 Å². The molecule has 0 bridgehead atoms. The van der Waals surface area contributed by atoms with Crippen LogP contribution >= 0.6 is 11.6 Å². The minimum Gasteiger partial charge on any atom is -0.451 e. The summed E-state index contributed by atoms with van der Waals surface area (Å²) in [4.78, 5) is 14.1. The van der Waals surface area contributed by atoms with Gasteiger partial charge in [-0.15, -0.1) is 0 Å². The van der Waals surface area contributed by atoms with Crippen LogP contribution in [0.4, 0.5) is 0 Å². The molecule has 1 saturated carbocycles. The van der Waals surface area contributed by atoms with Gasteiger partial charge in [-0.1, -0.05) is 11.6 Å². The fourth-order valence-corrected chi connectivity index (χ4v) is 2.51. The quantitative estimate of drug-likeness (QED) is 0.853. The minimum absolute atomic E-state index is 0.0447. The standard InChI is InChI=1S/C15H16ClNO2/c1-9-12-7-11(16)5-6-13(12)19-14(9)15(18)17(2)8-10-3-4-10/h5-7,10H,3-4,8H2,1-2H3. The van der Waals surface area contributed by atoms with Crippen molar-refractivity contribution in [2.24, 2.45) is 5.92 Å². The number of hydrogen-bond acceptors (Lipinski definition) is 2. The number of aryl methyl sites for hydroxylation is 1. The first-order chi connectivity index (χ1) is 9.06. The predicted octanol–water partition coefficient (Wildman–Crippen LogP) is 3.88. The number of carbonyl (C=O) groups is 1. The van der Waals surface area contributed by atoms with Crippen LogP contribution in [0.1, 0.15) is 29.0 Å². The van der Waals surface area contributed by atoms with Gasteiger partial charge in [-0.25, -0.2) is 0 Å². The number of halogens is 1. The summed E-state index contributed by atoms with van der Waals surface area (Å²) in [5, 5.41) is 1.57. The van der Waals surface area contributed by atoms with Gasteiger partial charge in [0, 0.05) is 29.6 Å². The van der Waals surface area contributed by atoms with Crippen molar-refractivity contribution < 1.29 is 9.21 Å². The lowest BCUT2D eigenvalue weighted by molar-refractivity contribution is 0.0758. The topological polar surface area (TPSA) is 33.5 Å². The van der Waals surface area contributed by atoms with Gasteiger partial charge in [0.25, 0.3) is 5.91 Å². The maximum Gasteiger partial charge on any atom is 0.289 e. The van der Waals surface area contributed by atoms with E-state index in [1.54, 1.807) is 11.0 Å². The molecule has 1 fully saturated rings. The van der Waals surface area contributed by atoms with Crippen molar-refractivity contribution in [1.82, 2.24) is 4.90 Å². The van der Waals surface area contributed by atoms with Crippen LogP contribution < -0.4 is 0 Å². The molecule has 100 valence electrons. The lowest BCUT2D eigenvalue weighted by Gasteiger charge is -2.15. The second-order valence-electron chi connectivity index (χ2n) is 5.33. The van der Waals surface area contributed by atoms with Gasteiger partial charge in [-0.05, 0) is 43.9 Å². The number of amides is 1. The Morgan fingerprint density at radius 2 is 2.21 bits per heavy atom. The predicted molar refractivity (Wildman–Crippen MR) is 75.6 cm³/mol. The monoisotopic (exact) mass is 277 g/mol. The van der Waals surface area contributed by atoms with Gasteiger partial charge >= 0.3 is 0 Å². The van der Waals surface area contributed by atoms with E-state index in [0.717, 1.165) is 17.5 Å². The highest BCUT2D eigenvalue weighted by atomic mass is 35.5. The van der Waals surface area contributed by atoms with Crippen molar-refractivity contribution in [1.29, 1.82) is 0 Å².